The van der Waals surface area contributed by atoms with E-state index in [0.717, 1.165) is 25.4 Å². The lowest BCUT2D eigenvalue weighted by molar-refractivity contribution is -0.887. The maximum Gasteiger partial charge on any atom is 0.275 e. The van der Waals surface area contributed by atoms with Gasteiger partial charge in [0.1, 0.15) is 0 Å². The molecule has 3 heteroatoms. The summed E-state index contributed by atoms with van der Waals surface area (Å²) in [7, 11) is 0. The van der Waals surface area contributed by atoms with Crippen molar-refractivity contribution in [1.82, 2.24) is 5.32 Å². The van der Waals surface area contributed by atoms with Crippen LogP contribution in [-0.4, -0.2) is 31.1 Å². The van der Waals surface area contributed by atoms with Gasteiger partial charge in [-0.1, -0.05) is 19.9 Å². The van der Waals surface area contributed by atoms with Crippen LogP contribution in [0.25, 0.3) is 0 Å². The topological polar surface area (TPSA) is 33.5 Å². The molecule has 4 atom stereocenters. The van der Waals surface area contributed by atoms with Crippen LogP contribution >= 0.6 is 0 Å². The van der Waals surface area contributed by atoms with E-state index < -0.39 is 0 Å². The van der Waals surface area contributed by atoms with Crippen molar-refractivity contribution in [2.75, 3.05) is 19.6 Å². The van der Waals surface area contributed by atoms with E-state index >= 15 is 0 Å². The minimum atomic E-state index is -0.00192. The van der Waals surface area contributed by atoms with Crippen LogP contribution in [0.5, 0.6) is 0 Å². The van der Waals surface area contributed by atoms with Gasteiger partial charge < -0.3 is 10.2 Å². The van der Waals surface area contributed by atoms with Crippen LogP contribution in [0.1, 0.15) is 46.5 Å². The molecular weight excluding hydrogens is 248 g/mol. The summed E-state index contributed by atoms with van der Waals surface area (Å²) in [5.41, 5.74) is 0.237. The number of fused-ring (bicyclic) bond motifs is 2. The summed E-state index contributed by atoms with van der Waals surface area (Å²) in [4.78, 5) is 13.9. The lowest BCUT2D eigenvalue weighted by Crippen LogP contribution is -3.13. The van der Waals surface area contributed by atoms with Crippen molar-refractivity contribution in [3.63, 3.8) is 0 Å². The van der Waals surface area contributed by atoms with Gasteiger partial charge in [-0.3, -0.25) is 4.79 Å². The van der Waals surface area contributed by atoms with Crippen LogP contribution in [-0.2, 0) is 4.79 Å². The molecule has 1 unspecified atom stereocenters. The van der Waals surface area contributed by atoms with Gasteiger partial charge in [0.05, 0.1) is 13.1 Å². The molecule has 3 nitrogen and oxygen atoms in total. The fourth-order valence-electron chi connectivity index (χ4n) is 4.85. The van der Waals surface area contributed by atoms with Gasteiger partial charge in [0.25, 0.3) is 5.91 Å². The summed E-state index contributed by atoms with van der Waals surface area (Å²) in [6.07, 6.45) is 9.49. The first-order valence-electron chi connectivity index (χ1n) is 8.23. The molecule has 20 heavy (non-hydrogen) atoms. The zero-order valence-electron chi connectivity index (χ0n) is 13.2. The first kappa shape index (κ1) is 14.1. The summed E-state index contributed by atoms with van der Waals surface area (Å²) < 4.78 is 0. The molecule has 0 aromatic carbocycles. The van der Waals surface area contributed by atoms with Crippen LogP contribution in [0.4, 0.5) is 0 Å². The Labute approximate surface area is 122 Å². The van der Waals surface area contributed by atoms with Crippen molar-refractivity contribution in [3.05, 3.63) is 12.2 Å². The fourth-order valence-corrected chi connectivity index (χ4v) is 4.85. The third kappa shape index (κ3) is 2.11. The van der Waals surface area contributed by atoms with E-state index in [1.54, 1.807) is 0 Å². The third-order valence-electron chi connectivity index (χ3n) is 6.66. The fraction of sp³-hybridized carbons (Fsp3) is 0.824. The van der Waals surface area contributed by atoms with Crippen molar-refractivity contribution in [2.24, 2.45) is 17.3 Å². The first-order chi connectivity index (χ1) is 9.43. The van der Waals surface area contributed by atoms with Crippen LogP contribution in [0.15, 0.2) is 12.2 Å². The number of carbonyl (C=O) groups is 1. The molecule has 2 saturated carbocycles. The third-order valence-corrected chi connectivity index (χ3v) is 6.66. The van der Waals surface area contributed by atoms with Gasteiger partial charge >= 0.3 is 0 Å². The van der Waals surface area contributed by atoms with E-state index in [2.05, 4.69) is 38.2 Å². The van der Waals surface area contributed by atoms with Crippen LogP contribution < -0.4 is 10.2 Å². The highest BCUT2D eigenvalue weighted by Crippen LogP contribution is 2.61. The predicted molar refractivity (Wildman–Crippen MR) is 80.5 cm³/mol. The molecule has 2 fully saturated rings. The number of nitrogens with one attached hydrogen (secondary N) is 2. The highest BCUT2D eigenvalue weighted by molar-refractivity contribution is 5.78. The molecule has 3 rings (SSSR count). The summed E-state index contributed by atoms with van der Waals surface area (Å²) in [5, 5.41) is 3.44. The average Bonchev–Trinajstić information content (AvgIpc) is 2.94. The molecule has 1 heterocycles. The maximum absolute atomic E-state index is 12.5. The molecule has 1 aliphatic heterocycles. The van der Waals surface area contributed by atoms with Crippen molar-refractivity contribution < 1.29 is 9.69 Å². The summed E-state index contributed by atoms with van der Waals surface area (Å²) >= 11 is 0. The van der Waals surface area contributed by atoms with E-state index in [9.17, 15) is 4.79 Å². The second-order valence-electron chi connectivity index (χ2n) is 7.82. The van der Waals surface area contributed by atoms with Gasteiger partial charge in [-0.2, -0.15) is 0 Å². The minimum absolute atomic E-state index is 0.00192. The minimum Gasteiger partial charge on any atom is -0.345 e. The van der Waals surface area contributed by atoms with Gasteiger partial charge in [0.2, 0.25) is 0 Å². The number of amides is 1. The standard InChI is InChI=1S/C17H28N2O/c1-16(2)13-7-8-14(11-13)17(16,3)18-15(20)12-19-9-5-4-6-10-19/h4-5,13-14H,6-12H2,1-3H3,(H,18,20)/p+1/t13-,14-,17+/m0/s1. The lowest BCUT2D eigenvalue weighted by Gasteiger charge is -2.48. The molecule has 2 N–H and O–H groups in total. The van der Waals surface area contributed by atoms with Crippen molar-refractivity contribution >= 4 is 5.91 Å². The number of quaternary nitrogens is 1. The van der Waals surface area contributed by atoms with Gasteiger partial charge in [-0.05, 0) is 49.5 Å². The second kappa shape index (κ2) is 4.87. The van der Waals surface area contributed by atoms with E-state index in [1.807, 2.05) is 0 Å². The quantitative estimate of drug-likeness (QED) is 0.746. The Morgan fingerprint density at radius 1 is 1.25 bits per heavy atom. The SMILES string of the molecule is CC1(C)[C@H]2CC[C@@H](C2)[C@@]1(C)NC(=O)C[NH+]1CC=CCC1. The molecule has 0 saturated heterocycles. The Bertz CT molecular complexity index is 429. The lowest BCUT2D eigenvalue weighted by atomic mass is 9.64. The molecular formula is C17H29N2O+. The smallest absolute Gasteiger partial charge is 0.275 e. The number of carbonyl (C=O) groups excluding carboxylic acids is 1. The van der Waals surface area contributed by atoms with Crippen molar-refractivity contribution in [3.8, 4) is 0 Å². The van der Waals surface area contributed by atoms with Gasteiger partial charge in [-0.25, -0.2) is 0 Å². The van der Waals surface area contributed by atoms with Gasteiger partial charge in [0, 0.05) is 12.0 Å². The molecule has 2 bridgehead atoms. The van der Waals surface area contributed by atoms with Gasteiger partial charge in [-0.15, -0.1) is 0 Å². The van der Waals surface area contributed by atoms with E-state index in [4.69, 9.17) is 0 Å². The summed E-state index contributed by atoms with van der Waals surface area (Å²) in [6.45, 7) is 9.73. The van der Waals surface area contributed by atoms with E-state index in [1.165, 1.54) is 24.2 Å². The van der Waals surface area contributed by atoms with E-state index in [0.29, 0.717) is 12.5 Å². The monoisotopic (exact) mass is 277 g/mol. The zero-order valence-corrected chi connectivity index (χ0v) is 13.2. The molecule has 0 spiro atoms. The molecule has 0 radical (unpaired) electrons. The molecule has 3 aliphatic rings. The Morgan fingerprint density at radius 2 is 2.00 bits per heavy atom. The predicted octanol–water partition coefficient (Wildman–Crippen LogP) is 1.16. The van der Waals surface area contributed by atoms with E-state index in [-0.39, 0.29) is 16.9 Å². The largest absolute Gasteiger partial charge is 0.345 e. The number of hydrogen-bond donors (Lipinski definition) is 2. The van der Waals surface area contributed by atoms with Crippen LogP contribution in [0, 0.1) is 17.3 Å². The number of hydrogen-bond acceptors (Lipinski definition) is 1. The molecule has 0 aromatic heterocycles. The molecule has 0 aromatic rings. The Balaban J connectivity index is 1.64. The average molecular weight is 277 g/mol. The zero-order chi connectivity index (χ0) is 14.4. The normalized spacial score (nSPS) is 41.9. The summed E-state index contributed by atoms with van der Waals surface area (Å²) in [6, 6.07) is 0. The highest BCUT2D eigenvalue weighted by atomic mass is 16.2. The van der Waals surface area contributed by atoms with Crippen molar-refractivity contribution in [1.29, 1.82) is 0 Å². The first-order valence-corrected chi connectivity index (χ1v) is 8.23. The molecule has 1 amide bonds. The highest BCUT2D eigenvalue weighted by Gasteiger charge is 2.60. The Kier molecular flexibility index (Phi) is 3.44. The van der Waals surface area contributed by atoms with Gasteiger partial charge in [0.15, 0.2) is 6.54 Å². The molecule has 2 aliphatic carbocycles. The second-order valence-corrected chi connectivity index (χ2v) is 7.82. The summed E-state index contributed by atoms with van der Waals surface area (Å²) in [5.74, 6) is 1.73. The Hall–Kier alpha value is -0.830. The van der Waals surface area contributed by atoms with Crippen LogP contribution in [0.3, 0.4) is 0 Å². The maximum atomic E-state index is 12.5. The van der Waals surface area contributed by atoms with Crippen LogP contribution in [0.2, 0.25) is 0 Å². The number of rotatable bonds is 3. The molecule has 112 valence electrons. The Morgan fingerprint density at radius 3 is 2.60 bits per heavy atom. The van der Waals surface area contributed by atoms with Crippen molar-refractivity contribution in [2.45, 2.75) is 52.0 Å².